The summed E-state index contributed by atoms with van der Waals surface area (Å²) in [7, 11) is -3.03. The van der Waals surface area contributed by atoms with Gasteiger partial charge < -0.3 is 4.74 Å². The monoisotopic (exact) mass is 416 g/mol. The number of nitro benzene ring substituents is 1. The molecule has 1 amide bonds. The van der Waals surface area contributed by atoms with Crippen LogP contribution in [0, 0.1) is 17.0 Å². The van der Waals surface area contributed by atoms with E-state index in [9.17, 15) is 23.9 Å². The molecule has 2 rings (SSSR count). The zero-order valence-electron chi connectivity index (χ0n) is 16.2. The Hall–Kier alpha value is -3.33. The first kappa shape index (κ1) is 22.0. The van der Waals surface area contributed by atoms with Crippen LogP contribution in [-0.4, -0.2) is 33.9 Å². The molecule has 0 N–H and O–H groups in total. The fourth-order valence-corrected chi connectivity index (χ4v) is 3.70. The Kier molecular flexibility index (Phi) is 7.00. The summed E-state index contributed by atoms with van der Waals surface area (Å²) in [4.78, 5) is 35.4. The first-order valence-corrected chi connectivity index (χ1v) is 10.5. The number of hydrogen-bond acceptors (Lipinski definition) is 6. The first-order valence-electron chi connectivity index (χ1n) is 8.61. The number of hydrogen-bond donors (Lipinski definition) is 0. The fraction of sp³-hybridized carbons (Fsp3) is 0.200. The Balaban J connectivity index is 2.58. The summed E-state index contributed by atoms with van der Waals surface area (Å²) in [6.45, 7) is 3.28. The van der Waals surface area contributed by atoms with E-state index in [1.54, 1.807) is 37.3 Å². The standard InChI is InChI=1S/C20H20N2O6S/c1-4-28-19(23)11-10-15-13-18(22(25)26)14(2)12-17(15)20(24)21-29(3,27)16-8-6-5-7-9-16/h5-13H,4H2,1-3H3/b11-10+. The van der Waals surface area contributed by atoms with Crippen molar-refractivity contribution >= 4 is 33.4 Å². The molecule has 0 aliphatic carbocycles. The maximum atomic E-state index is 12.9. The van der Waals surface area contributed by atoms with Gasteiger partial charge in [-0.1, -0.05) is 18.2 Å². The van der Waals surface area contributed by atoms with Gasteiger partial charge in [0, 0.05) is 28.9 Å². The lowest BCUT2D eigenvalue weighted by Gasteiger charge is -2.08. The highest BCUT2D eigenvalue weighted by Gasteiger charge is 2.20. The highest BCUT2D eigenvalue weighted by molar-refractivity contribution is 7.93. The molecule has 9 heteroatoms. The van der Waals surface area contributed by atoms with Gasteiger partial charge in [-0.15, -0.1) is 0 Å². The summed E-state index contributed by atoms with van der Waals surface area (Å²) >= 11 is 0. The summed E-state index contributed by atoms with van der Waals surface area (Å²) in [5, 5.41) is 11.2. The van der Waals surface area contributed by atoms with Gasteiger partial charge in [-0.05, 0) is 43.7 Å². The topological polar surface area (TPSA) is 116 Å². The summed E-state index contributed by atoms with van der Waals surface area (Å²) < 4.78 is 21.6. The van der Waals surface area contributed by atoms with E-state index in [0.717, 1.165) is 6.08 Å². The lowest BCUT2D eigenvalue weighted by atomic mass is 10.0. The van der Waals surface area contributed by atoms with Crippen molar-refractivity contribution in [3.05, 3.63) is 75.3 Å². The van der Waals surface area contributed by atoms with Gasteiger partial charge in [-0.3, -0.25) is 14.9 Å². The van der Waals surface area contributed by atoms with Crippen LogP contribution in [0.2, 0.25) is 0 Å². The fourth-order valence-electron chi connectivity index (χ4n) is 2.51. The van der Waals surface area contributed by atoms with Gasteiger partial charge in [0.1, 0.15) is 0 Å². The van der Waals surface area contributed by atoms with Crippen LogP contribution in [-0.2, 0) is 19.3 Å². The van der Waals surface area contributed by atoms with Crippen molar-refractivity contribution in [2.75, 3.05) is 12.9 Å². The Morgan fingerprint density at radius 1 is 1.24 bits per heavy atom. The maximum Gasteiger partial charge on any atom is 0.330 e. The second-order valence-corrected chi connectivity index (χ2v) is 8.34. The number of carbonyl (C=O) groups excluding carboxylic acids is 2. The number of benzene rings is 2. The number of carbonyl (C=O) groups is 2. The zero-order valence-corrected chi connectivity index (χ0v) is 17.0. The molecule has 0 bridgehead atoms. The number of esters is 1. The van der Waals surface area contributed by atoms with Crippen molar-refractivity contribution in [3.63, 3.8) is 0 Å². The van der Waals surface area contributed by atoms with Gasteiger partial charge >= 0.3 is 5.97 Å². The molecule has 0 radical (unpaired) electrons. The third kappa shape index (κ3) is 5.58. The summed E-state index contributed by atoms with van der Waals surface area (Å²) in [5.74, 6) is -1.46. The largest absolute Gasteiger partial charge is 0.463 e. The van der Waals surface area contributed by atoms with Crippen LogP contribution in [0.5, 0.6) is 0 Å². The molecular weight excluding hydrogens is 396 g/mol. The molecular formula is C20H20N2O6S. The molecule has 0 spiro atoms. The quantitative estimate of drug-likeness (QED) is 0.306. The highest BCUT2D eigenvalue weighted by Crippen LogP contribution is 2.25. The summed E-state index contributed by atoms with van der Waals surface area (Å²) in [6, 6.07) is 10.8. The van der Waals surface area contributed by atoms with Gasteiger partial charge in [0.25, 0.3) is 11.6 Å². The predicted octanol–water partition coefficient (Wildman–Crippen LogP) is 3.78. The third-order valence-corrected chi connectivity index (χ3v) is 5.58. The van der Waals surface area contributed by atoms with Crippen LogP contribution >= 0.6 is 0 Å². The molecule has 0 saturated carbocycles. The van der Waals surface area contributed by atoms with Crippen molar-refractivity contribution in [1.29, 1.82) is 0 Å². The average molecular weight is 416 g/mol. The van der Waals surface area contributed by atoms with Crippen LogP contribution in [0.15, 0.2) is 57.8 Å². The molecule has 0 aromatic heterocycles. The van der Waals surface area contributed by atoms with Crippen LogP contribution in [0.1, 0.15) is 28.4 Å². The first-order chi connectivity index (χ1) is 13.7. The number of aryl methyl sites for hydroxylation is 1. The predicted molar refractivity (Wildman–Crippen MR) is 109 cm³/mol. The molecule has 29 heavy (non-hydrogen) atoms. The van der Waals surface area contributed by atoms with Crippen LogP contribution in [0.25, 0.3) is 6.08 Å². The molecule has 8 nitrogen and oxygen atoms in total. The number of ether oxygens (including phenoxy) is 1. The van der Waals surface area contributed by atoms with E-state index >= 15 is 0 Å². The second kappa shape index (κ2) is 9.24. The third-order valence-electron chi connectivity index (χ3n) is 3.92. The molecule has 2 aromatic carbocycles. The van der Waals surface area contributed by atoms with E-state index in [0.29, 0.717) is 4.90 Å². The van der Waals surface area contributed by atoms with E-state index < -0.39 is 26.5 Å². The van der Waals surface area contributed by atoms with Crippen LogP contribution in [0.3, 0.4) is 0 Å². The van der Waals surface area contributed by atoms with Crippen molar-refractivity contribution in [1.82, 2.24) is 0 Å². The van der Waals surface area contributed by atoms with Crippen molar-refractivity contribution in [3.8, 4) is 0 Å². The molecule has 0 heterocycles. The van der Waals surface area contributed by atoms with Gasteiger partial charge in [-0.25, -0.2) is 9.00 Å². The molecule has 0 fully saturated rings. The molecule has 1 atom stereocenters. The number of nitro groups is 1. The van der Waals surface area contributed by atoms with E-state index in [1.807, 2.05) is 0 Å². The minimum absolute atomic E-state index is 0.000783. The van der Waals surface area contributed by atoms with Gasteiger partial charge in [-0.2, -0.15) is 4.36 Å². The highest BCUT2D eigenvalue weighted by atomic mass is 32.2. The average Bonchev–Trinajstić information content (AvgIpc) is 2.67. The molecule has 0 saturated heterocycles. The minimum Gasteiger partial charge on any atom is -0.463 e. The zero-order chi connectivity index (χ0) is 21.6. The Labute approximate surface area is 168 Å². The van der Waals surface area contributed by atoms with Crippen LogP contribution < -0.4 is 0 Å². The van der Waals surface area contributed by atoms with Crippen LogP contribution in [0.4, 0.5) is 5.69 Å². The number of nitrogens with zero attached hydrogens (tertiary/aromatic N) is 2. The SMILES string of the molecule is CCOC(=O)/C=C/c1cc([N+](=O)[O-])c(C)cc1C(=O)N=S(C)(=O)c1ccccc1. The molecule has 0 aliphatic heterocycles. The van der Waals surface area contributed by atoms with Crippen molar-refractivity contribution < 1.29 is 23.5 Å². The second-order valence-electron chi connectivity index (χ2n) is 6.08. The van der Waals surface area contributed by atoms with Crippen molar-refractivity contribution in [2.24, 2.45) is 4.36 Å². The van der Waals surface area contributed by atoms with Gasteiger partial charge in [0.15, 0.2) is 0 Å². The van der Waals surface area contributed by atoms with E-state index in [2.05, 4.69) is 4.36 Å². The molecule has 0 aliphatic rings. The Morgan fingerprint density at radius 3 is 2.48 bits per heavy atom. The Bertz CT molecular complexity index is 1100. The molecule has 1 unspecified atom stereocenters. The Morgan fingerprint density at radius 2 is 1.90 bits per heavy atom. The molecule has 2 aromatic rings. The normalized spacial score (nSPS) is 12.9. The molecule has 152 valence electrons. The number of amides is 1. The van der Waals surface area contributed by atoms with E-state index in [1.165, 1.54) is 31.4 Å². The smallest absolute Gasteiger partial charge is 0.330 e. The maximum absolute atomic E-state index is 12.9. The van der Waals surface area contributed by atoms with E-state index in [-0.39, 0.29) is 29.0 Å². The van der Waals surface area contributed by atoms with E-state index in [4.69, 9.17) is 4.74 Å². The lowest BCUT2D eigenvalue weighted by Crippen LogP contribution is -2.07. The number of rotatable bonds is 6. The summed E-state index contributed by atoms with van der Waals surface area (Å²) in [5.41, 5.74) is 0.126. The van der Waals surface area contributed by atoms with Gasteiger partial charge in [0.2, 0.25) is 0 Å². The summed E-state index contributed by atoms with van der Waals surface area (Å²) in [6.07, 6.45) is 3.65. The van der Waals surface area contributed by atoms with Crippen molar-refractivity contribution in [2.45, 2.75) is 18.7 Å². The lowest BCUT2D eigenvalue weighted by molar-refractivity contribution is -0.385. The minimum atomic E-state index is -3.03. The van der Waals surface area contributed by atoms with Gasteiger partial charge in [0.05, 0.1) is 26.8 Å².